The van der Waals surface area contributed by atoms with E-state index in [4.69, 9.17) is 0 Å². The number of piperidine rings is 1. The molecule has 0 atom stereocenters. The molecule has 0 N–H and O–H groups in total. The standard InChI is InChI=1S/C30H49NO/c1-9-12-17-26-19-24(20-27(23(26)4)18-13-10-2)15-14-16-25-21-29(5,6)31(28(32)11-3)30(7,8)22-25/h11,19-20,25H,3,9-10,12-18,21-22H2,1-2,4-8H3. The Morgan fingerprint density at radius 2 is 1.47 bits per heavy atom. The van der Waals surface area contributed by atoms with Gasteiger partial charge in [-0.05, 0) is 127 Å². The van der Waals surface area contributed by atoms with Gasteiger partial charge in [-0.2, -0.15) is 0 Å². The van der Waals surface area contributed by atoms with Crippen LogP contribution in [0.3, 0.4) is 0 Å². The molecule has 2 heteroatoms. The van der Waals surface area contributed by atoms with Gasteiger partial charge in [-0.25, -0.2) is 0 Å². The molecule has 32 heavy (non-hydrogen) atoms. The van der Waals surface area contributed by atoms with Gasteiger partial charge in [-0.3, -0.25) is 4.79 Å². The van der Waals surface area contributed by atoms with Crippen LogP contribution in [-0.2, 0) is 24.1 Å². The lowest BCUT2D eigenvalue weighted by Crippen LogP contribution is -2.62. The van der Waals surface area contributed by atoms with Crippen LogP contribution in [0, 0.1) is 12.8 Å². The number of hydrogen-bond acceptors (Lipinski definition) is 1. The third-order valence-electron chi connectivity index (χ3n) is 7.54. The van der Waals surface area contributed by atoms with E-state index in [1.807, 2.05) is 0 Å². The second-order valence-corrected chi connectivity index (χ2v) is 11.4. The third-order valence-corrected chi connectivity index (χ3v) is 7.54. The van der Waals surface area contributed by atoms with Crippen LogP contribution in [0.2, 0.25) is 0 Å². The number of carbonyl (C=O) groups excluding carboxylic acids is 1. The zero-order valence-electron chi connectivity index (χ0n) is 22.2. The van der Waals surface area contributed by atoms with Crippen molar-refractivity contribution < 1.29 is 4.79 Å². The van der Waals surface area contributed by atoms with Crippen molar-refractivity contribution in [1.29, 1.82) is 0 Å². The number of amides is 1. The molecule has 0 aliphatic carbocycles. The Hall–Kier alpha value is -1.57. The fourth-order valence-electron chi connectivity index (χ4n) is 6.28. The molecular weight excluding hydrogens is 390 g/mol. The van der Waals surface area contributed by atoms with Crippen LogP contribution in [0.1, 0.15) is 115 Å². The van der Waals surface area contributed by atoms with Crippen molar-refractivity contribution in [2.24, 2.45) is 5.92 Å². The van der Waals surface area contributed by atoms with Gasteiger partial charge >= 0.3 is 0 Å². The Kier molecular flexibility index (Phi) is 9.61. The van der Waals surface area contributed by atoms with Crippen LogP contribution in [0.4, 0.5) is 0 Å². The quantitative estimate of drug-likeness (QED) is 0.320. The Balaban J connectivity index is 2.07. The minimum Gasteiger partial charge on any atom is -0.329 e. The molecule has 2 nitrogen and oxygen atoms in total. The smallest absolute Gasteiger partial charge is 0.246 e. The molecule has 180 valence electrons. The van der Waals surface area contributed by atoms with E-state index in [0.717, 1.165) is 12.8 Å². The predicted molar refractivity (Wildman–Crippen MR) is 139 cm³/mol. The van der Waals surface area contributed by atoms with E-state index in [1.54, 1.807) is 16.7 Å². The van der Waals surface area contributed by atoms with Gasteiger partial charge in [0.15, 0.2) is 0 Å². The van der Waals surface area contributed by atoms with Crippen molar-refractivity contribution in [1.82, 2.24) is 4.90 Å². The number of nitrogens with zero attached hydrogens (tertiary/aromatic N) is 1. The normalized spacial score (nSPS) is 18.0. The number of benzene rings is 1. The molecule has 1 amide bonds. The molecule has 1 aliphatic heterocycles. The molecule has 1 aromatic rings. The summed E-state index contributed by atoms with van der Waals surface area (Å²) in [6.45, 7) is 19.5. The van der Waals surface area contributed by atoms with Crippen LogP contribution >= 0.6 is 0 Å². The van der Waals surface area contributed by atoms with Crippen molar-refractivity contribution in [3.8, 4) is 0 Å². The molecule has 2 rings (SSSR count). The van der Waals surface area contributed by atoms with Gasteiger partial charge in [0.2, 0.25) is 5.91 Å². The number of likely N-dealkylation sites (tertiary alicyclic amines) is 1. The fourth-order valence-corrected chi connectivity index (χ4v) is 6.28. The van der Waals surface area contributed by atoms with E-state index < -0.39 is 0 Å². The zero-order chi connectivity index (χ0) is 23.9. The second-order valence-electron chi connectivity index (χ2n) is 11.4. The van der Waals surface area contributed by atoms with Crippen LogP contribution in [0.5, 0.6) is 0 Å². The molecule has 0 spiro atoms. The first-order valence-electron chi connectivity index (χ1n) is 13.1. The van der Waals surface area contributed by atoms with Crippen molar-refractivity contribution >= 4 is 5.91 Å². The zero-order valence-corrected chi connectivity index (χ0v) is 22.2. The summed E-state index contributed by atoms with van der Waals surface area (Å²) >= 11 is 0. The number of hydrogen-bond donors (Lipinski definition) is 0. The summed E-state index contributed by atoms with van der Waals surface area (Å²) in [5.74, 6) is 0.732. The van der Waals surface area contributed by atoms with Gasteiger partial charge in [-0.1, -0.05) is 45.4 Å². The predicted octanol–water partition coefficient (Wildman–Crippen LogP) is 7.98. The summed E-state index contributed by atoms with van der Waals surface area (Å²) in [5.41, 5.74) is 5.98. The Labute approximate surface area is 198 Å². The van der Waals surface area contributed by atoms with Gasteiger partial charge in [0.25, 0.3) is 0 Å². The summed E-state index contributed by atoms with van der Waals surface area (Å²) in [6, 6.07) is 5.00. The van der Waals surface area contributed by atoms with Gasteiger partial charge < -0.3 is 4.90 Å². The van der Waals surface area contributed by atoms with Crippen LogP contribution in [0.15, 0.2) is 24.8 Å². The van der Waals surface area contributed by atoms with E-state index in [9.17, 15) is 4.79 Å². The first-order chi connectivity index (χ1) is 15.1. The fraction of sp³-hybridized carbons (Fsp3) is 0.700. The number of rotatable bonds is 11. The van der Waals surface area contributed by atoms with Crippen LogP contribution < -0.4 is 0 Å². The summed E-state index contributed by atoms with van der Waals surface area (Å²) in [4.78, 5) is 14.6. The molecule has 1 heterocycles. The van der Waals surface area contributed by atoms with E-state index in [0.29, 0.717) is 5.92 Å². The van der Waals surface area contributed by atoms with Crippen molar-refractivity contribution in [3.63, 3.8) is 0 Å². The molecule has 1 aliphatic rings. The lowest BCUT2D eigenvalue weighted by atomic mass is 9.72. The van der Waals surface area contributed by atoms with E-state index >= 15 is 0 Å². The van der Waals surface area contributed by atoms with Gasteiger partial charge in [0.1, 0.15) is 0 Å². The SMILES string of the molecule is C=CC(=O)N1C(C)(C)CC(CCCc2cc(CCCC)c(C)c(CCCC)c2)CC1(C)C. The van der Waals surface area contributed by atoms with Gasteiger partial charge in [0.05, 0.1) is 0 Å². The topological polar surface area (TPSA) is 20.3 Å². The minimum atomic E-state index is -0.123. The van der Waals surface area contributed by atoms with E-state index in [-0.39, 0.29) is 17.0 Å². The molecule has 0 bridgehead atoms. The lowest BCUT2D eigenvalue weighted by Gasteiger charge is -2.55. The summed E-state index contributed by atoms with van der Waals surface area (Å²) in [5, 5.41) is 0. The Morgan fingerprint density at radius 1 is 0.969 bits per heavy atom. The largest absolute Gasteiger partial charge is 0.329 e. The van der Waals surface area contributed by atoms with E-state index in [1.165, 1.54) is 69.4 Å². The maximum Gasteiger partial charge on any atom is 0.246 e. The summed E-state index contributed by atoms with van der Waals surface area (Å²) in [7, 11) is 0. The molecule has 0 aromatic heterocycles. The Morgan fingerprint density at radius 3 is 1.91 bits per heavy atom. The minimum absolute atomic E-state index is 0.0670. The van der Waals surface area contributed by atoms with Crippen LogP contribution in [0.25, 0.3) is 0 Å². The monoisotopic (exact) mass is 439 g/mol. The highest BCUT2D eigenvalue weighted by molar-refractivity contribution is 5.88. The van der Waals surface area contributed by atoms with Gasteiger partial charge in [-0.15, -0.1) is 0 Å². The maximum absolute atomic E-state index is 12.6. The lowest BCUT2D eigenvalue weighted by molar-refractivity contribution is -0.146. The molecule has 0 saturated carbocycles. The average Bonchev–Trinajstić information content (AvgIpc) is 2.70. The first-order valence-corrected chi connectivity index (χ1v) is 13.1. The van der Waals surface area contributed by atoms with E-state index in [2.05, 4.69) is 72.1 Å². The summed E-state index contributed by atoms with van der Waals surface area (Å²) < 4.78 is 0. The highest BCUT2D eigenvalue weighted by Gasteiger charge is 2.46. The highest BCUT2D eigenvalue weighted by atomic mass is 16.2. The van der Waals surface area contributed by atoms with Crippen molar-refractivity contribution in [2.45, 2.75) is 130 Å². The molecule has 0 unspecified atom stereocenters. The number of unbranched alkanes of at least 4 members (excludes halogenated alkanes) is 2. The number of carbonyl (C=O) groups is 1. The van der Waals surface area contributed by atoms with Crippen LogP contribution in [-0.4, -0.2) is 21.9 Å². The second kappa shape index (κ2) is 11.5. The highest BCUT2D eigenvalue weighted by Crippen LogP contribution is 2.43. The molecular formula is C30H49NO. The molecule has 1 aromatic carbocycles. The molecule has 0 radical (unpaired) electrons. The Bertz CT molecular complexity index is 726. The molecule has 1 fully saturated rings. The van der Waals surface area contributed by atoms with Crippen molar-refractivity contribution in [2.75, 3.05) is 0 Å². The maximum atomic E-state index is 12.6. The first kappa shape index (κ1) is 26.7. The average molecular weight is 440 g/mol. The number of aryl methyl sites for hydroxylation is 3. The third kappa shape index (κ3) is 6.72. The van der Waals surface area contributed by atoms with Gasteiger partial charge in [0, 0.05) is 11.1 Å². The molecule has 1 saturated heterocycles. The van der Waals surface area contributed by atoms with Crippen molar-refractivity contribution in [3.05, 3.63) is 47.0 Å². The summed E-state index contributed by atoms with van der Waals surface area (Å²) in [6.07, 6.45) is 14.8.